The molecule has 11 heavy (non-hydrogen) atoms. The molecule has 1 aliphatic heterocycles. The van der Waals surface area contributed by atoms with Gasteiger partial charge in [0.1, 0.15) is 5.88 Å². The Labute approximate surface area is 64.8 Å². The molecule has 4 nitrogen and oxygen atoms in total. The first-order valence-corrected chi connectivity index (χ1v) is 5.21. The highest BCUT2D eigenvalue weighted by atomic mass is 32.2. The molecule has 1 aromatic rings. The van der Waals surface area contributed by atoms with Crippen LogP contribution in [0, 0.1) is 0 Å². The fourth-order valence-electron chi connectivity index (χ4n) is 1.20. The van der Waals surface area contributed by atoms with Gasteiger partial charge in [-0.05, 0) is 6.07 Å². The van der Waals surface area contributed by atoms with Gasteiger partial charge in [0, 0.05) is 18.3 Å². The highest BCUT2D eigenvalue weighted by Gasteiger charge is 2.20. The molecule has 0 amide bonds. The van der Waals surface area contributed by atoms with E-state index >= 15 is 0 Å². The summed E-state index contributed by atoms with van der Waals surface area (Å²) in [6, 6.07) is 1.86. The van der Waals surface area contributed by atoms with Crippen molar-refractivity contribution in [2.45, 2.75) is 12.3 Å². The van der Waals surface area contributed by atoms with Crippen molar-refractivity contribution >= 4 is 9.84 Å². The molecule has 2 rings (SSSR count). The molecule has 1 aliphatic rings. The zero-order valence-electron chi connectivity index (χ0n) is 5.90. The molecule has 0 fully saturated rings. The second-order valence-corrected chi connectivity index (χ2v) is 4.80. The van der Waals surface area contributed by atoms with Crippen LogP contribution in [0.2, 0.25) is 0 Å². The quantitative estimate of drug-likeness (QED) is 0.545. The van der Waals surface area contributed by atoms with Crippen molar-refractivity contribution in [2.75, 3.05) is 5.75 Å². The summed E-state index contributed by atoms with van der Waals surface area (Å²) in [7, 11) is -2.87. The van der Waals surface area contributed by atoms with E-state index in [0.717, 1.165) is 5.69 Å². The van der Waals surface area contributed by atoms with Crippen LogP contribution >= 0.6 is 0 Å². The molecule has 0 saturated heterocycles. The third-order valence-corrected chi connectivity index (χ3v) is 3.26. The van der Waals surface area contributed by atoms with Crippen molar-refractivity contribution in [1.29, 1.82) is 0 Å². The highest BCUT2D eigenvalue weighted by molar-refractivity contribution is 7.90. The highest BCUT2D eigenvalue weighted by Crippen LogP contribution is 2.11. The predicted octanol–water partition coefficient (Wildman–Crippen LogP) is -0.189. The Balaban J connectivity index is 2.47. The lowest BCUT2D eigenvalue weighted by molar-refractivity contribution is 0.557. The fourth-order valence-corrected chi connectivity index (χ4v) is 2.45. The maximum absolute atomic E-state index is 11.1. The van der Waals surface area contributed by atoms with E-state index < -0.39 is 9.84 Å². The first-order valence-electron chi connectivity index (χ1n) is 3.38. The number of hydrogen-bond acceptors (Lipinski definition) is 3. The van der Waals surface area contributed by atoms with Crippen molar-refractivity contribution in [2.24, 2.45) is 0 Å². The average molecular weight is 172 g/mol. The van der Waals surface area contributed by atoms with E-state index in [1.54, 1.807) is 10.9 Å². The molecule has 0 unspecified atom stereocenters. The molecule has 60 valence electrons. The molecule has 0 bridgehead atoms. The summed E-state index contributed by atoms with van der Waals surface area (Å²) >= 11 is 0. The van der Waals surface area contributed by atoms with Crippen LogP contribution in [0.1, 0.15) is 5.69 Å². The summed E-state index contributed by atoms with van der Waals surface area (Å²) in [6.07, 6.45) is 2.23. The van der Waals surface area contributed by atoms with Gasteiger partial charge in [0.25, 0.3) is 0 Å². The normalized spacial score (nSPS) is 21.1. The van der Waals surface area contributed by atoms with Crippen molar-refractivity contribution in [1.82, 2.24) is 9.78 Å². The Morgan fingerprint density at radius 1 is 1.55 bits per heavy atom. The van der Waals surface area contributed by atoms with Gasteiger partial charge in [-0.25, -0.2) is 8.42 Å². The van der Waals surface area contributed by atoms with Crippen molar-refractivity contribution < 1.29 is 8.42 Å². The van der Waals surface area contributed by atoms with Crippen LogP contribution in [0.5, 0.6) is 0 Å². The standard InChI is InChI=1S/C6H8N2O2S/c9-11(10)4-2-6-1-3-7-8(6)5-11/h1,3H,2,4-5H2. The predicted molar refractivity (Wildman–Crippen MR) is 39.7 cm³/mol. The lowest BCUT2D eigenvalue weighted by atomic mass is 10.3. The molecule has 2 heterocycles. The monoisotopic (exact) mass is 172 g/mol. The largest absolute Gasteiger partial charge is 0.254 e. The van der Waals surface area contributed by atoms with E-state index in [4.69, 9.17) is 0 Å². The van der Waals surface area contributed by atoms with Crippen LogP contribution in [0.3, 0.4) is 0 Å². The van der Waals surface area contributed by atoms with Crippen molar-refractivity contribution in [3.8, 4) is 0 Å². The summed E-state index contributed by atoms with van der Waals surface area (Å²) in [6.45, 7) is 0. The Kier molecular flexibility index (Phi) is 1.29. The van der Waals surface area contributed by atoms with Gasteiger partial charge in [0.05, 0.1) is 5.75 Å². The lowest BCUT2D eigenvalue weighted by Crippen LogP contribution is -2.24. The zero-order valence-corrected chi connectivity index (χ0v) is 6.71. The Morgan fingerprint density at radius 2 is 2.36 bits per heavy atom. The second-order valence-electron chi connectivity index (χ2n) is 2.65. The van der Waals surface area contributed by atoms with Gasteiger partial charge in [0.15, 0.2) is 9.84 Å². The van der Waals surface area contributed by atoms with E-state index in [-0.39, 0.29) is 11.6 Å². The van der Waals surface area contributed by atoms with E-state index in [9.17, 15) is 8.42 Å². The van der Waals surface area contributed by atoms with Crippen LogP contribution < -0.4 is 0 Å². The average Bonchev–Trinajstić information content (AvgIpc) is 2.31. The molecular weight excluding hydrogens is 164 g/mol. The number of aryl methyl sites for hydroxylation is 1. The van der Waals surface area contributed by atoms with Gasteiger partial charge in [-0.2, -0.15) is 5.10 Å². The minimum absolute atomic E-state index is 0.0509. The lowest BCUT2D eigenvalue weighted by Gasteiger charge is -2.13. The van der Waals surface area contributed by atoms with Crippen LogP contribution in [-0.2, 0) is 22.1 Å². The summed E-state index contributed by atoms with van der Waals surface area (Å²) in [5.74, 6) is 0.314. The van der Waals surface area contributed by atoms with Crippen LogP contribution in [0.4, 0.5) is 0 Å². The molecular formula is C6H8N2O2S. The summed E-state index contributed by atoms with van der Waals surface area (Å²) in [5, 5.41) is 3.89. The number of hydrogen-bond donors (Lipinski definition) is 0. The van der Waals surface area contributed by atoms with E-state index in [0.29, 0.717) is 6.42 Å². The van der Waals surface area contributed by atoms with E-state index in [1.165, 1.54) is 0 Å². The molecule has 0 saturated carbocycles. The van der Waals surface area contributed by atoms with Crippen LogP contribution in [0.25, 0.3) is 0 Å². The summed E-state index contributed by atoms with van der Waals surface area (Å²) in [5.41, 5.74) is 1.01. The van der Waals surface area contributed by atoms with Gasteiger partial charge in [-0.1, -0.05) is 0 Å². The molecule has 1 aromatic heterocycles. The Bertz CT molecular complexity index is 366. The topological polar surface area (TPSA) is 52.0 Å². The maximum atomic E-state index is 11.1. The maximum Gasteiger partial charge on any atom is 0.170 e. The minimum atomic E-state index is -2.87. The fraction of sp³-hybridized carbons (Fsp3) is 0.500. The third kappa shape index (κ3) is 1.16. The van der Waals surface area contributed by atoms with Gasteiger partial charge < -0.3 is 0 Å². The van der Waals surface area contributed by atoms with E-state index in [1.807, 2.05) is 6.07 Å². The summed E-state index contributed by atoms with van der Waals surface area (Å²) < 4.78 is 23.6. The number of rotatable bonds is 0. The molecule has 0 spiro atoms. The molecule has 5 heteroatoms. The third-order valence-electron chi connectivity index (χ3n) is 1.79. The second kappa shape index (κ2) is 2.07. The number of aromatic nitrogens is 2. The zero-order chi connectivity index (χ0) is 7.90. The smallest absolute Gasteiger partial charge is 0.170 e. The first kappa shape index (κ1) is 6.84. The Morgan fingerprint density at radius 3 is 3.18 bits per heavy atom. The molecule has 0 radical (unpaired) electrons. The minimum Gasteiger partial charge on any atom is -0.254 e. The molecule has 0 aliphatic carbocycles. The number of fused-ring (bicyclic) bond motifs is 1. The van der Waals surface area contributed by atoms with Crippen molar-refractivity contribution in [3.05, 3.63) is 18.0 Å². The number of nitrogens with zero attached hydrogens (tertiary/aromatic N) is 2. The molecule has 0 aromatic carbocycles. The van der Waals surface area contributed by atoms with Gasteiger partial charge in [-0.15, -0.1) is 0 Å². The number of sulfone groups is 1. The van der Waals surface area contributed by atoms with E-state index in [2.05, 4.69) is 5.10 Å². The van der Waals surface area contributed by atoms with Crippen LogP contribution in [0.15, 0.2) is 12.3 Å². The molecule has 0 N–H and O–H groups in total. The summed E-state index contributed by atoms with van der Waals surface area (Å²) in [4.78, 5) is 0. The Hall–Kier alpha value is -0.840. The SMILES string of the molecule is O=S1(=O)CCc2ccnn2C1. The van der Waals surface area contributed by atoms with Crippen LogP contribution in [-0.4, -0.2) is 24.0 Å². The van der Waals surface area contributed by atoms with Gasteiger partial charge >= 0.3 is 0 Å². The van der Waals surface area contributed by atoms with Gasteiger partial charge in [0.2, 0.25) is 0 Å². The first-order chi connectivity index (χ1) is 5.17. The van der Waals surface area contributed by atoms with Gasteiger partial charge in [-0.3, -0.25) is 4.68 Å². The van der Waals surface area contributed by atoms with Crippen molar-refractivity contribution in [3.63, 3.8) is 0 Å². The molecule has 0 atom stereocenters.